The Labute approximate surface area is 166 Å². The maximum absolute atomic E-state index is 13.8. The molecule has 1 aromatic heterocycles. The summed E-state index contributed by atoms with van der Waals surface area (Å²) >= 11 is 0. The van der Waals surface area contributed by atoms with Crippen LogP contribution in [0, 0.1) is 5.82 Å². The van der Waals surface area contributed by atoms with Crippen molar-refractivity contribution in [2.45, 2.75) is 19.3 Å². The Hall–Kier alpha value is -3.68. The van der Waals surface area contributed by atoms with Gasteiger partial charge in [0.2, 0.25) is 11.8 Å². The maximum Gasteiger partial charge on any atom is 0.242 e. The van der Waals surface area contributed by atoms with Gasteiger partial charge in [-0.2, -0.15) is 0 Å². The lowest BCUT2D eigenvalue weighted by molar-refractivity contribution is -0.128. The number of benzene rings is 2. The Bertz CT molecular complexity index is 986. The minimum absolute atomic E-state index is 0.0556. The first-order chi connectivity index (χ1) is 14.0. The highest BCUT2D eigenvalue weighted by Gasteiger charge is 2.12. The monoisotopic (exact) mass is 397 g/mol. The summed E-state index contributed by atoms with van der Waals surface area (Å²) in [6, 6.07) is 13.3. The van der Waals surface area contributed by atoms with E-state index in [1.54, 1.807) is 49.6 Å². The zero-order valence-corrected chi connectivity index (χ0v) is 15.8. The van der Waals surface area contributed by atoms with Crippen molar-refractivity contribution in [3.8, 4) is 17.1 Å². The zero-order valence-electron chi connectivity index (χ0n) is 15.8. The molecule has 0 atom stereocenters. The van der Waals surface area contributed by atoms with Crippen molar-refractivity contribution in [2.75, 3.05) is 7.11 Å². The van der Waals surface area contributed by atoms with Gasteiger partial charge in [0.25, 0.3) is 0 Å². The number of carbonyl (C=O) groups excluding carboxylic acids is 2. The first-order valence-electron chi connectivity index (χ1n) is 8.95. The van der Waals surface area contributed by atoms with Gasteiger partial charge in [-0.25, -0.2) is 9.37 Å². The molecule has 2 aromatic carbocycles. The number of hydrogen-bond acceptors (Lipinski definition) is 5. The van der Waals surface area contributed by atoms with Gasteiger partial charge in [0, 0.05) is 12.8 Å². The van der Waals surface area contributed by atoms with Gasteiger partial charge in [-0.15, -0.1) is 0 Å². The Kier molecular flexibility index (Phi) is 6.57. The first kappa shape index (κ1) is 20.1. The molecule has 3 aromatic rings. The normalized spacial score (nSPS) is 10.4. The summed E-state index contributed by atoms with van der Waals surface area (Å²) in [5.41, 5.74) is 5.81. The van der Waals surface area contributed by atoms with E-state index in [1.165, 1.54) is 12.3 Å². The Morgan fingerprint density at radius 1 is 1.07 bits per heavy atom. The van der Waals surface area contributed by atoms with Crippen LogP contribution in [-0.4, -0.2) is 23.9 Å². The van der Waals surface area contributed by atoms with Crippen LogP contribution >= 0.6 is 0 Å². The van der Waals surface area contributed by atoms with Gasteiger partial charge >= 0.3 is 0 Å². The molecular formula is C21H20FN3O4. The van der Waals surface area contributed by atoms with Gasteiger partial charge in [-0.3, -0.25) is 20.4 Å². The molecule has 0 unspecified atom stereocenters. The second kappa shape index (κ2) is 9.50. The van der Waals surface area contributed by atoms with E-state index in [-0.39, 0.29) is 25.2 Å². The lowest BCUT2D eigenvalue weighted by atomic mass is 10.1. The van der Waals surface area contributed by atoms with Gasteiger partial charge in [0.1, 0.15) is 11.6 Å². The number of halogens is 1. The highest BCUT2D eigenvalue weighted by Crippen LogP contribution is 2.23. The van der Waals surface area contributed by atoms with Crippen molar-refractivity contribution in [3.63, 3.8) is 0 Å². The number of rotatable bonds is 7. The minimum atomic E-state index is -0.410. The van der Waals surface area contributed by atoms with Crippen molar-refractivity contribution in [1.29, 1.82) is 0 Å². The third kappa shape index (κ3) is 5.65. The van der Waals surface area contributed by atoms with Crippen LogP contribution in [0.15, 0.2) is 59.1 Å². The Morgan fingerprint density at radius 3 is 2.52 bits per heavy atom. The Balaban J connectivity index is 1.43. The van der Waals surface area contributed by atoms with Gasteiger partial charge in [-0.05, 0) is 29.8 Å². The molecule has 2 N–H and O–H groups in total. The molecule has 0 saturated heterocycles. The van der Waals surface area contributed by atoms with E-state index in [0.29, 0.717) is 23.0 Å². The molecule has 0 radical (unpaired) electrons. The van der Waals surface area contributed by atoms with Crippen molar-refractivity contribution >= 4 is 11.8 Å². The summed E-state index contributed by atoms with van der Waals surface area (Å²) in [6.07, 6.45) is 1.81. The fourth-order valence-electron chi connectivity index (χ4n) is 2.61. The summed E-state index contributed by atoms with van der Waals surface area (Å²) in [4.78, 5) is 27.9. The van der Waals surface area contributed by atoms with Crippen molar-refractivity contribution in [2.24, 2.45) is 0 Å². The van der Waals surface area contributed by atoms with Crippen LogP contribution in [-0.2, 0) is 22.4 Å². The number of ether oxygens (including phenoxy) is 1. The zero-order chi connectivity index (χ0) is 20.6. The van der Waals surface area contributed by atoms with Crippen LogP contribution in [0.25, 0.3) is 11.3 Å². The molecule has 0 aliphatic heterocycles. The number of amides is 2. The van der Waals surface area contributed by atoms with Crippen LogP contribution in [0.3, 0.4) is 0 Å². The van der Waals surface area contributed by atoms with Gasteiger partial charge in [0.15, 0.2) is 11.7 Å². The van der Waals surface area contributed by atoms with Crippen LogP contribution < -0.4 is 15.6 Å². The van der Waals surface area contributed by atoms with Crippen LogP contribution in [0.5, 0.6) is 5.75 Å². The molecule has 0 spiro atoms. The number of oxazole rings is 1. The fraction of sp³-hybridized carbons (Fsp3) is 0.190. The number of hydrogen-bond donors (Lipinski definition) is 2. The number of nitrogens with one attached hydrogen (secondary N) is 2. The smallest absolute Gasteiger partial charge is 0.242 e. The summed E-state index contributed by atoms with van der Waals surface area (Å²) in [6.45, 7) is 0. The predicted octanol–water partition coefficient (Wildman–Crippen LogP) is 2.81. The summed E-state index contributed by atoms with van der Waals surface area (Å²) in [5, 5.41) is 0. The summed E-state index contributed by atoms with van der Waals surface area (Å²) in [7, 11) is 1.57. The van der Waals surface area contributed by atoms with E-state index < -0.39 is 11.7 Å². The average Bonchev–Trinajstić information content (AvgIpc) is 3.20. The van der Waals surface area contributed by atoms with Gasteiger partial charge in [-0.1, -0.05) is 24.3 Å². The molecule has 150 valence electrons. The van der Waals surface area contributed by atoms with E-state index in [1.807, 2.05) is 0 Å². The number of aromatic nitrogens is 1. The molecule has 0 saturated carbocycles. The Morgan fingerprint density at radius 2 is 1.79 bits per heavy atom. The van der Waals surface area contributed by atoms with Gasteiger partial charge in [0.05, 0.1) is 25.3 Å². The summed E-state index contributed by atoms with van der Waals surface area (Å²) < 4.78 is 24.3. The molecule has 0 aliphatic carbocycles. The number of nitrogens with zero attached hydrogens (tertiary/aromatic N) is 1. The number of hydrazine groups is 1. The highest BCUT2D eigenvalue weighted by molar-refractivity contribution is 5.83. The molecule has 3 rings (SSSR count). The number of aryl methyl sites for hydroxylation is 1. The van der Waals surface area contributed by atoms with Crippen molar-refractivity contribution in [1.82, 2.24) is 15.8 Å². The third-order valence-electron chi connectivity index (χ3n) is 4.12. The van der Waals surface area contributed by atoms with Crippen molar-refractivity contribution < 1.29 is 23.1 Å². The SMILES string of the molecule is COc1ccc(CC(=O)NNC(=O)CCc2ncc(-c3ccccc3F)o2)cc1. The molecule has 1 heterocycles. The number of carbonyl (C=O) groups is 2. The highest BCUT2D eigenvalue weighted by atomic mass is 19.1. The lowest BCUT2D eigenvalue weighted by Gasteiger charge is -2.07. The van der Waals surface area contributed by atoms with Crippen LogP contribution in [0.1, 0.15) is 17.9 Å². The van der Waals surface area contributed by atoms with Gasteiger partial charge < -0.3 is 9.15 Å². The maximum atomic E-state index is 13.8. The minimum Gasteiger partial charge on any atom is -0.497 e. The summed E-state index contributed by atoms with van der Waals surface area (Å²) in [5.74, 6) is 0.161. The van der Waals surface area contributed by atoms with E-state index in [0.717, 1.165) is 5.56 Å². The standard InChI is InChI=1S/C21H20FN3O4/c1-28-15-8-6-14(7-9-15)12-20(27)25-24-19(26)10-11-21-23-13-18(29-21)16-4-2-3-5-17(16)22/h2-9,13H,10-12H2,1H3,(H,24,26)(H,25,27). The quantitative estimate of drug-likeness (QED) is 0.598. The van der Waals surface area contributed by atoms with E-state index in [2.05, 4.69) is 15.8 Å². The van der Waals surface area contributed by atoms with E-state index in [4.69, 9.17) is 9.15 Å². The van der Waals surface area contributed by atoms with Crippen LogP contribution in [0.4, 0.5) is 4.39 Å². The first-order valence-corrected chi connectivity index (χ1v) is 8.95. The molecule has 0 aliphatic rings. The average molecular weight is 397 g/mol. The second-order valence-corrected chi connectivity index (χ2v) is 6.22. The molecule has 2 amide bonds. The number of methoxy groups -OCH3 is 1. The molecule has 0 bridgehead atoms. The molecule has 8 heteroatoms. The van der Waals surface area contributed by atoms with Crippen LogP contribution in [0.2, 0.25) is 0 Å². The largest absolute Gasteiger partial charge is 0.497 e. The second-order valence-electron chi connectivity index (χ2n) is 6.22. The van der Waals surface area contributed by atoms with E-state index in [9.17, 15) is 14.0 Å². The lowest BCUT2D eigenvalue weighted by Crippen LogP contribution is -2.42. The third-order valence-corrected chi connectivity index (χ3v) is 4.12. The fourth-order valence-corrected chi connectivity index (χ4v) is 2.61. The molecule has 7 nitrogen and oxygen atoms in total. The topological polar surface area (TPSA) is 93.5 Å². The molecule has 0 fully saturated rings. The van der Waals surface area contributed by atoms with Crippen molar-refractivity contribution in [3.05, 3.63) is 72.0 Å². The molecule has 29 heavy (non-hydrogen) atoms. The predicted molar refractivity (Wildman–Crippen MR) is 103 cm³/mol. The van der Waals surface area contributed by atoms with E-state index >= 15 is 0 Å². The molecular weight excluding hydrogens is 377 g/mol.